The SMILES string of the molecule is c1ccc(-c2ccc(N(c3ccc(-c4ccccc4)cc3)c3ccc(-c4c5ccccc5c(N(c5ccc(-c6ccccc6)cc5)c5cc6oc7ccc8ccccc8c7c6c6ccccc56)c5ccccc45)cc3)cc2)cc1. The van der Waals surface area contributed by atoms with E-state index in [1.165, 1.54) is 54.9 Å². The molecule has 0 aliphatic rings. The first-order valence-electron chi connectivity index (χ1n) is 27.1. The van der Waals surface area contributed by atoms with Crippen molar-refractivity contribution in [2.45, 2.75) is 0 Å². The molecule has 0 atom stereocenters. The Bertz CT molecular complexity index is 4580. The van der Waals surface area contributed by atoms with Crippen LogP contribution >= 0.6 is 0 Å². The van der Waals surface area contributed by atoms with Crippen LogP contribution in [0.4, 0.5) is 34.1 Å². The molecule has 0 unspecified atom stereocenters. The third-order valence-corrected chi connectivity index (χ3v) is 15.8. The van der Waals surface area contributed by atoms with Crippen molar-refractivity contribution < 1.29 is 4.42 Å². The second kappa shape index (κ2) is 19.3. The van der Waals surface area contributed by atoms with Crippen molar-refractivity contribution in [1.29, 1.82) is 0 Å². The minimum absolute atomic E-state index is 0.851. The van der Waals surface area contributed by atoms with Crippen molar-refractivity contribution >= 4 is 99.2 Å². The minimum atomic E-state index is 0.851. The van der Waals surface area contributed by atoms with E-state index in [0.29, 0.717) is 0 Å². The standard InChI is InChI=1S/C76H50N2O/c1-4-18-51(19-5-1)54-32-41-59(42-33-54)77(60-43-34-55(35-44-60)52-20-6-2-7-21-52)61-47-38-58(39-48-61)73-66-28-14-16-30-68(66)76(69-31-17-15-29-67(69)73)78(62-45-36-56(37-46-62)53-22-8-3-9-23-53)70-50-72-75(65-27-13-12-26-64(65)70)74-63-25-11-10-24-57(63)40-49-71(74)79-72/h1-50H. The van der Waals surface area contributed by atoms with Gasteiger partial charge in [-0.3, -0.25) is 0 Å². The lowest BCUT2D eigenvalue weighted by Crippen LogP contribution is -2.12. The zero-order valence-corrected chi connectivity index (χ0v) is 43.2. The highest BCUT2D eigenvalue weighted by Crippen LogP contribution is 2.52. The smallest absolute Gasteiger partial charge is 0.138 e. The van der Waals surface area contributed by atoms with Gasteiger partial charge >= 0.3 is 0 Å². The third kappa shape index (κ3) is 7.99. The molecule has 370 valence electrons. The molecular formula is C76H50N2O. The van der Waals surface area contributed by atoms with E-state index in [0.717, 1.165) is 88.7 Å². The van der Waals surface area contributed by atoms with Crippen LogP contribution < -0.4 is 9.80 Å². The van der Waals surface area contributed by atoms with E-state index in [-0.39, 0.29) is 0 Å². The lowest BCUT2D eigenvalue weighted by molar-refractivity contribution is 0.669. The molecule has 0 spiro atoms. The molecule has 0 aliphatic carbocycles. The molecule has 3 heteroatoms. The summed E-state index contributed by atoms with van der Waals surface area (Å²) in [4.78, 5) is 4.85. The molecule has 0 aliphatic heterocycles. The van der Waals surface area contributed by atoms with Crippen molar-refractivity contribution in [3.63, 3.8) is 0 Å². The van der Waals surface area contributed by atoms with E-state index < -0.39 is 0 Å². The van der Waals surface area contributed by atoms with Gasteiger partial charge in [-0.05, 0) is 126 Å². The van der Waals surface area contributed by atoms with Crippen LogP contribution in [-0.4, -0.2) is 0 Å². The van der Waals surface area contributed by atoms with Gasteiger partial charge in [0.25, 0.3) is 0 Å². The Labute approximate surface area is 458 Å². The van der Waals surface area contributed by atoms with Gasteiger partial charge in [0.05, 0.1) is 11.4 Å². The van der Waals surface area contributed by atoms with Crippen LogP contribution in [0.25, 0.3) is 110 Å². The van der Waals surface area contributed by atoms with Gasteiger partial charge in [0.2, 0.25) is 0 Å². The number of nitrogens with zero attached hydrogens (tertiary/aromatic N) is 2. The van der Waals surface area contributed by atoms with Crippen LogP contribution in [0.2, 0.25) is 0 Å². The zero-order valence-electron chi connectivity index (χ0n) is 43.2. The molecule has 1 aromatic heterocycles. The van der Waals surface area contributed by atoms with Crippen LogP contribution in [0.15, 0.2) is 308 Å². The monoisotopic (exact) mass is 1010 g/mol. The summed E-state index contributed by atoms with van der Waals surface area (Å²) in [7, 11) is 0. The second-order valence-corrected chi connectivity index (χ2v) is 20.3. The molecule has 14 aromatic carbocycles. The van der Waals surface area contributed by atoms with E-state index in [1.807, 2.05) is 0 Å². The van der Waals surface area contributed by atoms with Crippen LogP contribution in [0.3, 0.4) is 0 Å². The van der Waals surface area contributed by atoms with Crippen molar-refractivity contribution in [2.75, 3.05) is 9.80 Å². The van der Waals surface area contributed by atoms with Crippen molar-refractivity contribution in [3.05, 3.63) is 303 Å². The summed E-state index contributed by atoms with van der Waals surface area (Å²) in [5.41, 5.74) is 17.6. The molecule has 0 saturated carbocycles. The predicted molar refractivity (Wildman–Crippen MR) is 335 cm³/mol. The number of benzene rings is 14. The van der Waals surface area contributed by atoms with Gasteiger partial charge in [0.15, 0.2) is 0 Å². The van der Waals surface area contributed by atoms with E-state index >= 15 is 0 Å². The highest BCUT2D eigenvalue weighted by atomic mass is 16.3. The Hall–Kier alpha value is -10.5. The zero-order chi connectivity index (χ0) is 52.2. The fraction of sp³-hybridized carbons (Fsp3) is 0. The second-order valence-electron chi connectivity index (χ2n) is 20.3. The van der Waals surface area contributed by atoms with Crippen LogP contribution in [0.1, 0.15) is 0 Å². The average Bonchev–Trinajstić information content (AvgIpc) is 4.16. The summed E-state index contributed by atoms with van der Waals surface area (Å²) in [6.07, 6.45) is 0. The lowest BCUT2D eigenvalue weighted by Gasteiger charge is -2.31. The molecular weight excluding hydrogens is 957 g/mol. The van der Waals surface area contributed by atoms with Gasteiger partial charge < -0.3 is 14.2 Å². The first-order valence-corrected chi connectivity index (χ1v) is 27.1. The maximum atomic E-state index is 6.96. The summed E-state index contributed by atoms with van der Waals surface area (Å²) in [6, 6.07) is 110. The van der Waals surface area contributed by atoms with E-state index in [2.05, 4.69) is 313 Å². The minimum Gasteiger partial charge on any atom is -0.456 e. The van der Waals surface area contributed by atoms with E-state index in [4.69, 9.17) is 4.42 Å². The normalized spacial score (nSPS) is 11.5. The molecule has 15 rings (SSSR count). The molecule has 15 aromatic rings. The summed E-state index contributed by atoms with van der Waals surface area (Å²) in [6.45, 7) is 0. The largest absolute Gasteiger partial charge is 0.456 e. The highest BCUT2D eigenvalue weighted by Gasteiger charge is 2.26. The molecule has 79 heavy (non-hydrogen) atoms. The van der Waals surface area contributed by atoms with Crippen LogP contribution in [0.5, 0.6) is 0 Å². The van der Waals surface area contributed by atoms with Gasteiger partial charge in [-0.2, -0.15) is 0 Å². The van der Waals surface area contributed by atoms with Gasteiger partial charge in [0, 0.05) is 55.7 Å². The van der Waals surface area contributed by atoms with Gasteiger partial charge in [-0.25, -0.2) is 0 Å². The third-order valence-electron chi connectivity index (χ3n) is 15.8. The first kappa shape index (κ1) is 45.9. The quantitative estimate of drug-likeness (QED) is 0.127. The van der Waals surface area contributed by atoms with Crippen LogP contribution in [-0.2, 0) is 0 Å². The Morgan fingerprint density at radius 2 is 0.582 bits per heavy atom. The molecule has 0 N–H and O–H groups in total. The highest BCUT2D eigenvalue weighted by molar-refractivity contribution is 6.30. The molecule has 0 fully saturated rings. The Morgan fingerprint density at radius 1 is 0.228 bits per heavy atom. The van der Waals surface area contributed by atoms with Crippen LogP contribution in [0, 0.1) is 0 Å². The molecule has 0 saturated heterocycles. The molecule has 3 nitrogen and oxygen atoms in total. The first-order chi connectivity index (χ1) is 39.2. The Balaban J connectivity index is 0.917. The number of anilines is 6. The molecule has 0 amide bonds. The summed E-state index contributed by atoms with van der Waals surface area (Å²) < 4.78 is 6.96. The maximum absolute atomic E-state index is 6.96. The number of furan rings is 1. The lowest BCUT2D eigenvalue weighted by atomic mass is 9.89. The summed E-state index contributed by atoms with van der Waals surface area (Å²) in [5.74, 6) is 0. The van der Waals surface area contributed by atoms with Gasteiger partial charge in [0.1, 0.15) is 11.2 Å². The maximum Gasteiger partial charge on any atom is 0.138 e. The molecule has 0 radical (unpaired) electrons. The topological polar surface area (TPSA) is 19.6 Å². The number of hydrogen-bond acceptors (Lipinski definition) is 3. The number of rotatable bonds is 10. The number of hydrogen-bond donors (Lipinski definition) is 0. The van der Waals surface area contributed by atoms with Crippen molar-refractivity contribution in [3.8, 4) is 44.5 Å². The van der Waals surface area contributed by atoms with Gasteiger partial charge in [-0.15, -0.1) is 0 Å². The average molecular weight is 1010 g/mol. The Morgan fingerprint density at radius 3 is 1.06 bits per heavy atom. The summed E-state index contributed by atoms with van der Waals surface area (Å²) >= 11 is 0. The molecule has 0 bridgehead atoms. The Kier molecular flexibility index (Phi) is 11.2. The molecule has 1 heterocycles. The predicted octanol–water partition coefficient (Wildman–Crippen LogP) is 21.8. The fourth-order valence-corrected chi connectivity index (χ4v) is 12.1. The van der Waals surface area contributed by atoms with Crippen molar-refractivity contribution in [1.82, 2.24) is 0 Å². The number of fused-ring (bicyclic) bond motifs is 9. The van der Waals surface area contributed by atoms with E-state index in [9.17, 15) is 0 Å². The van der Waals surface area contributed by atoms with Crippen molar-refractivity contribution in [2.24, 2.45) is 0 Å². The van der Waals surface area contributed by atoms with E-state index in [1.54, 1.807) is 0 Å². The fourth-order valence-electron chi connectivity index (χ4n) is 12.1. The van der Waals surface area contributed by atoms with Gasteiger partial charge in [-0.1, -0.05) is 243 Å². The summed E-state index contributed by atoms with van der Waals surface area (Å²) in [5, 5.41) is 11.6.